The molecule has 0 unspecified atom stereocenters. The summed E-state index contributed by atoms with van der Waals surface area (Å²) in [5.41, 5.74) is 0. The zero-order chi connectivity index (χ0) is 11.3. The van der Waals surface area contributed by atoms with Crippen molar-refractivity contribution in [1.82, 2.24) is 5.32 Å². The Balaban J connectivity index is 2.53. The first kappa shape index (κ1) is 12.3. The zero-order valence-corrected chi connectivity index (χ0v) is 10.0. The molecule has 0 saturated heterocycles. The van der Waals surface area contributed by atoms with Crippen LogP contribution in [0.25, 0.3) is 0 Å². The molecular weight excluding hydrogens is 238 g/mol. The normalized spacial score (nSPS) is 12.2. The molecule has 4 nitrogen and oxygen atoms in total. The highest BCUT2D eigenvalue weighted by Crippen LogP contribution is 2.28. The Hall–Kier alpha value is -0.780. The van der Waals surface area contributed by atoms with E-state index in [1.54, 1.807) is 13.2 Å². The van der Waals surface area contributed by atoms with Crippen molar-refractivity contribution in [1.29, 1.82) is 0 Å². The van der Waals surface area contributed by atoms with Gasteiger partial charge in [-0.3, -0.25) is 0 Å². The van der Waals surface area contributed by atoms with Gasteiger partial charge < -0.3 is 14.8 Å². The highest BCUT2D eigenvalue weighted by Gasteiger charge is 2.14. The van der Waals surface area contributed by atoms with Gasteiger partial charge in [-0.2, -0.15) is 0 Å². The average molecular weight is 250 g/mol. The molecule has 0 fully saturated rings. The molecule has 1 aromatic heterocycles. The molecule has 0 aliphatic rings. The first-order valence-electron chi connectivity index (χ1n) is 4.27. The van der Waals surface area contributed by atoms with E-state index in [1.807, 2.05) is 6.07 Å². The number of methoxy groups -OCH3 is 2. The summed E-state index contributed by atoms with van der Waals surface area (Å²) in [7, 11) is 2.90. The minimum Gasteiger partial charge on any atom is -0.453 e. The molecule has 1 rings (SSSR count). The Labute approximate surface area is 97.1 Å². The third-order valence-electron chi connectivity index (χ3n) is 1.81. The fourth-order valence-electron chi connectivity index (χ4n) is 1.05. The van der Waals surface area contributed by atoms with Gasteiger partial charge >= 0.3 is 6.09 Å². The maximum Gasteiger partial charge on any atom is 0.406 e. The van der Waals surface area contributed by atoms with Crippen molar-refractivity contribution in [2.45, 2.75) is 6.10 Å². The van der Waals surface area contributed by atoms with E-state index in [0.29, 0.717) is 10.9 Å². The number of hydrogen-bond donors (Lipinski definition) is 1. The SMILES string of the molecule is COC(=O)NC[C@H](OC)c1ccc(Cl)s1. The van der Waals surface area contributed by atoms with Gasteiger partial charge in [0, 0.05) is 12.0 Å². The van der Waals surface area contributed by atoms with Gasteiger partial charge in [0.05, 0.1) is 18.0 Å². The summed E-state index contributed by atoms with van der Waals surface area (Å²) in [6.45, 7) is 0.361. The molecule has 1 heterocycles. The fraction of sp³-hybridized carbons (Fsp3) is 0.444. The third kappa shape index (κ3) is 3.70. The molecule has 0 aromatic carbocycles. The maximum absolute atomic E-state index is 10.9. The second kappa shape index (κ2) is 5.95. The maximum atomic E-state index is 10.9. The highest BCUT2D eigenvalue weighted by molar-refractivity contribution is 7.16. The van der Waals surface area contributed by atoms with Crippen LogP contribution in [0.4, 0.5) is 4.79 Å². The molecule has 0 aliphatic heterocycles. The first-order valence-corrected chi connectivity index (χ1v) is 5.46. The zero-order valence-electron chi connectivity index (χ0n) is 8.45. The Kier molecular flexibility index (Phi) is 4.87. The first-order chi connectivity index (χ1) is 7.17. The van der Waals surface area contributed by atoms with Crippen molar-refractivity contribution >= 4 is 29.0 Å². The van der Waals surface area contributed by atoms with Crippen molar-refractivity contribution in [3.8, 4) is 0 Å². The summed E-state index contributed by atoms with van der Waals surface area (Å²) in [5.74, 6) is 0. The summed E-state index contributed by atoms with van der Waals surface area (Å²) in [4.78, 5) is 11.8. The predicted molar refractivity (Wildman–Crippen MR) is 59.5 cm³/mol. The molecule has 0 aliphatic carbocycles. The van der Waals surface area contributed by atoms with Crippen molar-refractivity contribution < 1.29 is 14.3 Å². The van der Waals surface area contributed by atoms with Crippen LogP contribution < -0.4 is 5.32 Å². The lowest BCUT2D eigenvalue weighted by molar-refractivity contribution is 0.101. The smallest absolute Gasteiger partial charge is 0.406 e. The fourth-order valence-corrected chi connectivity index (χ4v) is 2.19. The molecule has 84 valence electrons. The van der Waals surface area contributed by atoms with Crippen LogP contribution >= 0.6 is 22.9 Å². The Morgan fingerprint density at radius 3 is 2.80 bits per heavy atom. The molecule has 0 bridgehead atoms. The van der Waals surface area contributed by atoms with Crippen molar-refractivity contribution in [3.63, 3.8) is 0 Å². The van der Waals surface area contributed by atoms with E-state index >= 15 is 0 Å². The Bertz CT molecular complexity index is 329. The number of thiophene rings is 1. The average Bonchev–Trinajstić information content (AvgIpc) is 2.65. The summed E-state index contributed by atoms with van der Waals surface area (Å²) in [5, 5.41) is 2.57. The van der Waals surface area contributed by atoms with E-state index in [9.17, 15) is 4.79 Å². The van der Waals surface area contributed by atoms with Gasteiger partial charge in [0.1, 0.15) is 6.10 Å². The number of amides is 1. The Morgan fingerprint density at radius 2 is 2.33 bits per heavy atom. The molecular formula is C9H12ClNO3S. The summed E-state index contributed by atoms with van der Waals surface area (Å²) < 4.78 is 10.4. The lowest BCUT2D eigenvalue weighted by atomic mass is 10.3. The second-order valence-electron chi connectivity index (χ2n) is 2.74. The molecule has 6 heteroatoms. The van der Waals surface area contributed by atoms with Crippen LogP contribution in [0, 0.1) is 0 Å². The number of hydrogen-bond acceptors (Lipinski definition) is 4. The highest BCUT2D eigenvalue weighted by atomic mass is 35.5. The molecule has 15 heavy (non-hydrogen) atoms. The van der Waals surface area contributed by atoms with Crippen LogP contribution in [0.5, 0.6) is 0 Å². The van der Waals surface area contributed by atoms with Crippen molar-refractivity contribution in [2.24, 2.45) is 0 Å². The van der Waals surface area contributed by atoms with Crippen LogP contribution in [0.3, 0.4) is 0 Å². The van der Waals surface area contributed by atoms with Gasteiger partial charge in [-0.25, -0.2) is 4.79 Å². The molecule has 1 N–H and O–H groups in total. The van der Waals surface area contributed by atoms with Gasteiger partial charge in [0.2, 0.25) is 0 Å². The molecule has 0 radical (unpaired) electrons. The number of nitrogens with one attached hydrogen (secondary N) is 1. The standard InChI is InChI=1S/C9H12ClNO3S/c1-13-6(5-11-9(12)14-2)7-3-4-8(10)15-7/h3-4,6H,5H2,1-2H3,(H,11,12)/t6-/m0/s1. The third-order valence-corrected chi connectivity index (χ3v) is 3.14. The number of alkyl carbamates (subject to hydrolysis) is 1. The second-order valence-corrected chi connectivity index (χ2v) is 4.49. The minimum absolute atomic E-state index is 0.193. The van der Waals surface area contributed by atoms with E-state index in [2.05, 4.69) is 10.1 Å². The lowest BCUT2D eigenvalue weighted by Crippen LogP contribution is -2.28. The predicted octanol–water partition coefficient (Wildman–Crippen LogP) is 2.45. The molecule has 0 spiro atoms. The minimum atomic E-state index is -0.472. The van der Waals surface area contributed by atoms with E-state index in [4.69, 9.17) is 16.3 Å². The molecule has 1 amide bonds. The summed E-state index contributed by atoms with van der Waals surface area (Å²) >= 11 is 7.23. The van der Waals surface area contributed by atoms with Crippen LogP contribution in [-0.2, 0) is 9.47 Å². The number of carbonyl (C=O) groups is 1. The molecule has 1 aromatic rings. The van der Waals surface area contributed by atoms with E-state index < -0.39 is 6.09 Å². The van der Waals surface area contributed by atoms with Gasteiger partial charge in [-0.1, -0.05) is 11.6 Å². The van der Waals surface area contributed by atoms with Crippen LogP contribution in [0.1, 0.15) is 11.0 Å². The van der Waals surface area contributed by atoms with Gasteiger partial charge in [0.25, 0.3) is 0 Å². The van der Waals surface area contributed by atoms with Gasteiger partial charge in [-0.05, 0) is 12.1 Å². The van der Waals surface area contributed by atoms with E-state index in [-0.39, 0.29) is 6.10 Å². The van der Waals surface area contributed by atoms with Gasteiger partial charge in [-0.15, -0.1) is 11.3 Å². The molecule has 0 saturated carbocycles. The van der Waals surface area contributed by atoms with Crippen LogP contribution in [-0.4, -0.2) is 26.9 Å². The number of halogens is 1. The Morgan fingerprint density at radius 1 is 1.60 bits per heavy atom. The topological polar surface area (TPSA) is 47.6 Å². The lowest BCUT2D eigenvalue weighted by Gasteiger charge is -2.13. The van der Waals surface area contributed by atoms with Gasteiger partial charge in [0.15, 0.2) is 0 Å². The largest absolute Gasteiger partial charge is 0.453 e. The molecule has 1 atom stereocenters. The number of carbonyl (C=O) groups excluding carboxylic acids is 1. The van der Waals surface area contributed by atoms with Crippen molar-refractivity contribution in [3.05, 3.63) is 21.3 Å². The number of ether oxygens (including phenoxy) is 2. The monoisotopic (exact) mass is 249 g/mol. The summed E-state index contributed by atoms with van der Waals surface area (Å²) in [6, 6.07) is 3.67. The van der Waals surface area contributed by atoms with Crippen LogP contribution in [0.15, 0.2) is 12.1 Å². The summed E-state index contributed by atoms with van der Waals surface area (Å²) in [6.07, 6.45) is -0.665. The van der Waals surface area contributed by atoms with Crippen molar-refractivity contribution in [2.75, 3.05) is 20.8 Å². The number of rotatable bonds is 4. The van der Waals surface area contributed by atoms with Crippen LogP contribution in [0.2, 0.25) is 4.34 Å². The quantitative estimate of drug-likeness (QED) is 0.892. The van der Waals surface area contributed by atoms with E-state index in [1.165, 1.54) is 18.4 Å². The van der Waals surface area contributed by atoms with E-state index in [0.717, 1.165) is 4.88 Å².